The molecule has 0 atom stereocenters. The van der Waals surface area contributed by atoms with Gasteiger partial charge in [-0.1, -0.05) is 0 Å². The van der Waals surface area contributed by atoms with Gasteiger partial charge in [-0.2, -0.15) is 0 Å². The monoisotopic (exact) mass is 340 g/mol. The first kappa shape index (κ1) is 18.2. The van der Waals surface area contributed by atoms with Crippen LogP contribution in [0.5, 0.6) is 11.5 Å². The van der Waals surface area contributed by atoms with Gasteiger partial charge in [0.15, 0.2) is 11.6 Å². The largest absolute Gasteiger partial charge is 0.494 e. The smallest absolute Gasteiger partial charge is 0.410 e. The number of amides is 1. The zero-order chi connectivity index (χ0) is 17.9. The highest BCUT2D eigenvalue weighted by Gasteiger charge is 2.27. The van der Waals surface area contributed by atoms with Crippen molar-refractivity contribution in [2.45, 2.75) is 26.4 Å². The third-order valence-electron chi connectivity index (χ3n) is 3.73. The third kappa shape index (κ3) is 4.21. The van der Waals surface area contributed by atoms with Crippen LogP contribution in [-0.2, 0) is 4.74 Å². The van der Waals surface area contributed by atoms with E-state index >= 15 is 0 Å². The summed E-state index contributed by atoms with van der Waals surface area (Å²) in [6.45, 7) is 7.79. The fourth-order valence-corrected chi connectivity index (χ4v) is 2.55. The maximum absolute atomic E-state index is 13.8. The Balaban J connectivity index is 2.08. The number of methoxy groups -OCH3 is 2. The highest BCUT2D eigenvalue weighted by Crippen LogP contribution is 2.35. The van der Waals surface area contributed by atoms with E-state index in [-0.39, 0.29) is 11.8 Å². The van der Waals surface area contributed by atoms with Gasteiger partial charge in [0.1, 0.15) is 11.4 Å². The number of carbonyl (C=O) groups is 1. The molecule has 6 nitrogen and oxygen atoms in total. The molecule has 0 bridgehead atoms. The molecule has 1 saturated heterocycles. The lowest BCUT2D eigenvalue weighted by molar-refractivity contribution is 0.0240. The maximum Gasteiger partial charge on any atom is 0.410 e. The molecule has 0 spiro atoms. The third-order valence-corrected chi connectivity index (χ3v) is 3.73. The highest BCUT2D eigenvalue weighted by atomic mass is 19.1. The summed E-state index contributed by atoms with van der Waals surface area (Å²) >= 11 is 0. The standard InChI is InChI=1S/C17H25FN2O4/c1-17(2,3)24-16(21)20-8-6-19(7-9-20)13-11-14(22-4)12(18)10-15(13)23-5/h10-11H,6-9H2,1-5H3. The highest BCUT2D eigenvalue weighted by molar-refractivity contribution is 5.69. The number of anilines is 1. The molecule has 1 heterocycles. The lowest BCUT2D eigenvalue weighted by Crippen LogP contribution is -2.50. The number of rotatable bonds is 3. The Labute approximate surface area is 142 Å². The summed E-state index contributed by atoms with van der Waals surface area (Å²) in [5.41, 5.74) is 0.237. The Morgan fingerprint density at radius 3 is 2.12 bits per heavy atom. The second-order valence-corrected chi connectivity index (χ2v) is 6.61. The van der Waals surface area contributed by atoms with Crippen LogP contribution in [0, 0.1) is 5.82 Å². The number of hydrogen-bond donors (Lipinski definition) is 0. The van der Waals surface area contributed by atoms with Gasteiger partial charge < -0.3 is 24.0 Å². The number of ether oxygens (including phenoxy) is 3. The van der Waals surface area contributed by atoms with E-state index in [9.17, 15) is 9.18 Å². The van der Waals surface area contributed by atoms with Gasteiger partial charge in [-0.25, -0.2) is 9.18 Å². The zero-order valence-electron chi connectivity index (χ0n) is 14.9. The van der Waals surface area contributed by atoms with Crippen LogP contribution in [0.15, 0.2) is 12.1 Å². The minimum atomic E-state index is -0.512. The molecule has 1 aromatic carbocycles. The van der Waals surface area contributed by atoms with Crippen molar-refractivity contribution >= 4 is 11.8 Å². The quantitative estimate of drug-likeness (QED) is 0.847. The first-order valence-electron chi connectivity index (χ1n) is 7.89. The normalized spacial score (nSPS) is 15.2. The summed E-state index contributed by atoms with van der Waals surface area (Å²) in [6.07, 6.45) is -0.314. The van der Waals surface area contributed by atoms with Gasteiger partial charge in [0.25, 0.3) is 0 Å². The molecule has 0 radical (unpaired) electrons. The van der Waals surface area contributed by atoms with E-state index in [1.165, 1.54) is 20.3 Å². The predicted octanol–water partition coefficient (Wildman–Crippen LogP) is 2.90. The average molecular weight is 340 g/mol. The number of halogens is 1. The molecule has 1 fully saturated rings. The first-order chi connectivity index (χ1) is 11.2. The van der Waals surface area contributed by atoms with Crippen LogP contribution in [0.25, 0.3) is 0 Å². The topological polar surface area (TPSA) is 51.2 Å². The van der Waals surface area contributed by atoms with E-state index in [1.807, 2.05) is 25.7 Å². The number of benzene rings is 1. The molecular formula is C17H25FN2O4. The zero-order valence-corrected chi connectivity index (χ0v) is 14.9. The van der Waals surface area contributed by atoms with E-state index in [1.54, 1.807) is 11.0 Å². The second kappa shape index (κ2) is 7.15. The van der Waals surface area contributed by atoms with Crippen molar-refractivity contribution in [1.82, 2.24) is 4.90 Å². The van der Waals surface area contributed by atoms with Crippen molar-refractivity contribution < 1.29 is 23.4 Å². The van der Waals surface area contributed by atoms with Crippen LogP contribution in [0.1, 0.15) is 20.8 Å². The van der Waals surface area contributed by atoms with Gasteiger partial charge in [-0.15, -0.1) is 0 Å². The van der Waals surface area contributed by atoms with Crippen LogP contribution >= 0.6 is 0 Å². The van der Waals surface area contributed by atoms with E-state index in [2.05, 4.69) is 0 Å². The van der Waals surface area contributed by atoms with Crippen LogP contribution < -0.4 is 14.4 Å². The molecule has 1 amide bonds. The van der Waals surface area contributed by atoms with Crippen LogP contribution in [0.4, 0.5) is 14.9 Å². The molecule has 134 valence electrons. The van der Waals surface area contributed by atoms with Crippen molar-refractivity contribution in [2.75, 3.05) is 45.3 Å². The van der Waals surface area contributed by atoms with E-state index in [0.717, 1.165) is 5.69 Å². The van der Waals surface area contributed by atoms with Crippen molar-refractivity contribution in [3.8, 4) is 11.5 Å². The molecule has 0 aliphatic carbocycles. The molecule has 0 unspecified atom stereocenters. The molecule has 1 aromatic rings. The number of hydrogen-bond acceptors (Lipinski definition) is 5. The van der Waals surface area contributed by atoms with Crippen molar-refractivity contribution in [3.63, 3.8) is 0 Å². The van der Waals surface area contributed by atoms with Crippen molar-refractivity contribution in [3.05, 3.63) is 17.9 Å². The van der Waals surface area contributed by atoms with E-state index < -0.39 is 11.4 Å². The van der Waals surface area contributed by atoms with E-state index in [0.29, 0.717) is 31.9 Å². The Morgan fingerprint density at radius 2 is 1.62 bits per heavy atom. The summed E-state index contributed by atoms with van der Waals surface area (Å²) in [6, 6.07) is 2.94. The Hall–Kier alpha value is -2.18. The number of nitrogens with zero attached hydrogens (tertiary/aromatic N) is 2. The van der Waals surface area contributed by atoms with E-state index in [4.69, 9.17) is 14.2 Å². The average Bonchev–Trinajstić information content (AvgIpc) is 2.53. The molecule has 1 aliphatic rings. The van der Waals surface area contributed by atoms with Crippen molar-refractivity contribution in [1.29, 1.82) is 0 Å². The summed E-state index contributed by atoms with van der Waals surface area (Å²) in [7, 11) is 2.93. The predicted molar refractivity (Wildman–Crippen MR) is 89.5 cm³/mol. The molecule has 0 saturated carbocycles. The summed E-state index contributed by atoms with van der Waals surface area (Å²) in [5, 5.41) is 0. The molecule has 24 heavy (non-hydrogen) atoms. The van der Waals surface area contributed by atoms with Gasteiger partial charge >= 0.3 is 6.09 Å². The number of piperazine rings is 1. The Kier molecular flexibility index (Phi) is 5.41. The van der Waals surface area contributed by atoms with Gasteiger partial charge in [-0.3, -0.25) is 0 Å². The van der Waals surface area contributed by atoms with Crippen LogP contribution in [-0.4, -0.2) is 57.0 Å². The van der Waals surface area contributed by atoms with Gasteiger partial charge in [0.05, 0.1) is 19.9 Å². The summed E-state index contributed by atoms with van der Waals surface area (Å²) in [4.78, 5) is 15.8. The maximum atomic E-state index is 13.8. The van der Waals surface area contributed by atoms with Crippen LogP contribution in [0.3, 0.4) is 0 Å². The molecule has 1 aliphatic heterocycles. The lowest BCUT2D eigenvalue weighted by atomic mass is 10.2. The molecular weight excluding hydrogens is 315 g/mol. The van der Waals surface area contributed by atoms with Crippen LogP contribution in [0.2, 0.25) is 0 Å². The van der Waals surface area contributed by atoms with Gasteiger partial charge in [0, 0.05) is 38.3 Å². The molecule has 0 aromatic heterocycles. The molecule has 7 heteroatoms. The minimum absolute atomic E-state index is 0.167. The summed E-state index contributed by atoms with van der Waals surface area (Å²) < 4.78 is 29.5. The second-order valence-electron chi connectivity index (χ2n) is 6.61. The Bertz CT molecular complexity index is 593. The van der Waals surface area contributed by atoms with Crippen molar-refractivity contribution in [2.24, 2.45) is 0 Å². The fraction of sp³-hybridized carbons (Fsp3) is 0.588. The lowest BCUT2D eigenvalue weighted by Gasteiger charge is -2.37. The Morgan fingerprint density at radius 1 is 1.04 bits per heavy atom. The van der Waals surface area contributed by atoms with Gasteiger partial charge in [-0.05, 0) is 20.8 Å². The SMILES string of the molecule is COc1cc(N2CCN(C(=O)OC(C)(C)C)CC2)c(OC)cc1F. The fourth-order valence-electron chi connectivity index (χ4n) is 2.55. The number of carbonyl (C=O) groups excluding carboxylic acids is 1. The molecule has 2 rings (SSSR count). The van der Waals surface area contributed by atoms with Gasteiger partial charge in [0.2, 0.25) is 0 Å². The summed E-state index contributed by atoms with van der Waals surface area (Å²) in [5.74, 6) is 0.143. The first-order valence-corrected chi connectivity index (χ1v) is 7.89. The minimum Gasteiger partial charge on any atom is -0.494 e. The molecule has 0 N–H and O–H groups in total.